The van der Waals surface area contributed by atoms with Gasteiger partial charge in [-0.1, -0.05) is 51.1 Å². The van der Waals surface area contributed by atoms with Crippen LogP contribution in [0.4, 0.5) is 0 Å². The number of benzene rings is 2. The number of nitrogens with one attached hydrogen (secondary N) is 1. The highest BCUT2D eigenvalue weighted by atomic mass is 16.4. The van der Waals surface area contributed by atoms with Gasteiger partial charge in [0.2, 0.25) is 5.91 Å². The number of aryl methyl sites for hydroxylation is 2. The average molecular weight is 475 g/mol. The third kappa shape index (κ3) is 4.58. The summed E-state index contributed by atoms with van der Waals surface area (Å²) >= 11 is 0. The van der Waals surface area contributed by atoms with Gasteiger partial charge in [0.25, 0.3) is 0 Å². The maximum atomic E-state index is 12.8. The summed E-state index contributed by atoms with van der Waals surface area (Å²) in [5.41, 5.74) is 3.82. The number of furan rings is 1. The predicted molar refractivity (Wildman–Crippen MR) is 131 cm³/mol. The Balaban J connectivity index is 1.65. The molecular weight excluding hydrogens is 446 g/mol. The van der Waals surface area contributed by atoms with Crippen LogP contribution in [0, 0.1) is 13.8 Å². The molecule has 4 aromatic rings. The summed E-state index contributed by atoms with van der Waals surface area (Å²) in [6.07, 6.45) is 1.78. The van der Waals surface area contributed by atoms with Crippen LogP contribution in [0.2, 0.25) is 0 Å². The second-order valence-electron chi connectivity index (χ2n) is 9.88. The summed E-state index contributed by atoms with van der Waals surface area (Å²) in [7, 11) is 0. The molecule has 182 valence electrons. The van der Waals surface area contributed by atoms with Crippen molar-refractivity contribution in [3.8, 4) is 0 Å². The van der Waals surface area contributed by atoms with E-state index in [1.54, 1.807) is 36.6 Å². The topological polar surface area (TPSA) is 113 Å². The molecule has 0 spiro atoms. The highest BCUT2D eigenvalue weighted by Crippen LogP contribution is 2.37. The lowest BCUT2D eigenvalue weighted by molar-refractivity contribution is -0.308. The molecule has 2 heterocycles. The number of aliphatic carboxylic acids is 1. The van der Waals surface area contributed by atoms with E-state index in [-0.39, 0.29) is 18.3 Å². The highest BCUT2D eigenvalue weighted by Gasteiger charge is 2.24. The molecule has 0 radical (unpaired) electrons. The third-order valence-electron chi connectivity index (χ3n) is 6.43. The van der Waals surface area contributed by atoms with Crippen molar-refractivity contribution in [3.63, 3.8) is 0 Å². The van der Waals surface area contributed by atoms with E-state index in [2.05, 4.69) is 26.1 Å². The van der Waals surface area contributed by atoms with Gasteiger partial charge in [0.15, 0.2) is 0 Å². The van der Waals surface area contributed by atoms with Gasteiger partial charge in [-0.3, -0.25) is 4.79 Å². The molecule has 35 heavy (non-hydrogen) atoms. The Hall–Kier alpha value is -3.87. The first kappa shape index (κ1) is 24.3. The lowest BCUT2D eigenvalue weighted by Gasteiger charge is -2.20. The normalized spacial score (nSPS) is 12.7. The molecule has 0 unspecified atom stereocenters. The van der Waals surface area contributed by atoms with Gasteiger partial charge < -0.3 is 24.1 Å². The molecule has 7 heteroatoms. The zero-order chi connectivity index (χ0) is 25.5. The Kier molecular flexibility index (Phi) is 6.28. The SMILES string of the molecule is Cc1c(CCC(=O)N[C@@H](C(=O)[O-])c2ccccc2)c(=O)oc2c(C)c3occ(C(C)(C)C)c3cc12. The van der Waals surface area contributed by atoms with Crippen molar-refractivity contribution in [1.29, 1.82) is 0 Å². The standard InChI is InChI=1S/C28H29NO6/c1-15-18(11-12-22(30)29-23(26(31)32)17-9-7-6-8-10-17)27(33)35-25-16(2)24-20(13-19(15)25)21(14-34-24)28(3,4)5/h6-10,13-14,23H,11-12H2,1-5H3,(H,29,30)(H,31,32)/p-1/t23-/m1/s1. The maximum Gasteiger partial charge on any atom is 0.339 e. The molecule has 0 aliphatic carbocycles. The zero-order valence-electron chi connectivity index (χ0n) is 20.5. The van der Waals surface area contributed by atoms with Gasteiger partial charge in [-0.25, -0.2) is 4.79 Å². The Labute approximate surface area is 202 Å². The minimum atomic E-state index is -1.40. The van der Waals surface area contributed by atoms with E-state index in [0.29, 0.717) is 22.3 Å². The number of fused-ring (bicyclic) bond motifs is 2. The molecule has 2 aromatic heterocycles. The Morgan fingerprint density at radius 3 is 2.34 bits per heavy atom. The van der Waals surface area contributed by atoms with Crippen molar-refractivity contribution in [2.24, 2.45) is 0 Å². The highest BCUT2D eigenvalue weighted by molar-refractivity contribution is 6.00. The molecule has 1 amide bonds. The number of carboxylic acids is 1. The Bertz CT molecular complexity index is 1490. The Morgan fingerprint density at radius 1 is 1.03 bits per heavy atom. The lowest BCUT2D eigenvalue weighted by Crippen LogP contribution is -2.41. The van der Waals surface area contributed by atoms with Gasteiger partial charge in [-0.2, -0.15) is 0 Å². The van der Waals surface area contributed by atoms with Gasteiger partial charge in [0.1, 0.15) is 11.2 Å². The molecule has 0 bridgehead atoms. The van der Waals surface area contributed by atoms with Crippen molar-refractivity contribution < 1.29 is 23.5 Å². The number of hydrogen-bond donors (Lipinski definition) is 1. The van der Waals surface area contributed by atoms with Gasteiger partial charge in [-0.15, -0.1) is 0 Å². The van der Waals surface area contributed by atoms with Crippen LogP contribution in [0.3, 0.4) is 0 Å². The molecule has 0 fully saturated rings. The van der Waals surface area contributed by atoms with Crippen LogP contribution < -0.4 is 16.0 Å². The minimum Gasteiger partial charge on any atom is -0.548 e. The van der Waals surface area contributed by atoms with Gasteiger partial charge in [-0.05, 0) is 42.9 Å². The summed E-state index contributed by atoms with van der Waals surface area (Å²) in [5, 5.41) is 15.8. The molecule has 2 aromatic carbocycles. The Morgan fingerprint density at radius 2 is 1.71 bits per heavy atom. The zero-order valence-corrected chi connectivity index (χ0v) is 20.5. The van der Waals surface area contributed by atoms with Crippen LogP contribution in [0.1, 0.15) is 61.1 Å². The molecule has 0 saturated heterocycles. The number of carboxylic acid groups (broad SMARTS) is 1. The fourth-order valence-electron chi connectivity index (χ4n) is 4.46. The van der Waals surface area contributed by atoms with Crippen molar-refractivity contribution in [2.45, 2.75) is 58.9 Å². The van der Waals surface area contributed by atoms with Crippen LogP contribution >= 0.6 is 0 Å². The summed E-state index contributed by atoms with van der Waals surface area (Å²) in [4.78, 5) is 37.0. The van der Waals surface area contributed by atoms with Crippen LogP contribution in [0.15, 0.2) is 56.3 Å². The number of hydrogen-bond acceptors (Lipinski definition) is 6. The number of carbonyl (C=O) groups is 2. The third-order valence-corrected chi connectivity index (χ3v) is 6.43. The first-order valence-electron chi connectivity index (χ1n) is 11.5. The lowest BCUT2D eigenvalue weighted by atomic mass is 9.86. The number of carbonyl (C=O) groups excluding carboxylic acids is 2. The van der Waals surface area contributed by atoms with Crippen LogP contribution in [0.25, 0.3) is 21.9 Å². The number of amides is 1. The molecule has 0 aliphatic rings. The van der Waals surface area contributed by atoms with E-state index < -0.39 is 23.5 Å². The second-order valence-corrected chi connectivity index (χ2v) is 9.88. The van der Waals surface area contributed by atoms with E-state index in [1.165, 1.54) is 0 Å². The first-order valence-corrected chi connectivity index (χ1v) is 11.5. The van der Waals surface area contributed by atoms with Crippen molar-refractivity contribution in [3.05, 3.63) is 80.9 Å². The number of rotatable bonds is 6. The van der Waals surface area contributed by atoms with Crippen molar-refractivity contribution >= 4 is 33.8 Å². The molecule has 0 saturated carbocycles. The summed E-state index contributed by atoms with van der Waals surface area (Å²) in [6.45, 7) is 10.0. The fraction of sp³-hybridized carbons (Fsp3) is 0.321. The second kappa shape index (κ2) is 9.06. The van der Waals surface area contributed by atoms with E-state index in [0.717, 1.165) is 27.5 Å². The molecule has 1 N–H and O–H groups in total. The monoisotopic (exact) mass is 474 g/mol. The summed E-state index contributed by atoms with van der Waals surface area (Å²) in [6, 6.07) is 9.04. The molecular formula is C28H28NO6-. The largest absolute Gasteiger partial charge is 0.548 e. The quantitative estimate of drug-likeness (QED) is 0.423. The summed E-state index contributed by atoms with van der Waals surface area (Å²) in [5.74, 6) is -1.90. The van der Waals surface area contributed by atoms with Crippen molar-refractivity contribution in [1.82, 2.24) is 5.32 Å². The minimum absolute atomic E-state index is 0.0755. The fourth-order valence-corrected chi connectivity index (χ4v) is 4.46. The predicted octanol–water partition coefficient (Wildman–Crippen LogP) is 3.99. The van der Waals surface area contributed by atoms with Crippen LogP contribution in [-0.4, -0.2) is 11.9 Å². The van der Waals surface area contributed by atoms with Crippen molar-refractivity contribution in [2.75, 3.05) is 0 Å². The first-order chi connectivity index (χ1) is 16.5. The molecule has 0 aliphatic heterocycles. The molecule has 7 nitrogen and oxygen atoms in total. The van der Waals surface area contributed by atoms with E-state index in [1.807, 2.05) is 19.9 Å². The van der Waals surface area contributed by atoms with E-state index >= 15 is 0 Å². The van der Waals surface area contributed by atoms with E-state index in [9.17, 15) is 19.5 Å². The molecule has 1 atom stereocenters. The van der Waals surface area contributed by atoms with Crippen LogP contribution in [-0.2, 0) is 21.4 Å². The van der Waals surface area contributed by atoms with E-state index in [4.69, 9.17) is 8.83 Å². The smallest absolute Gasteiger partial charge is 0.339 e. The average Bonchev–Trinajstić information content (AvgIpc) is 3.24. The van der Waals surface area contributed by atoms with Crippen LogP contribution in [0.5, 0.6) is 0 Å². The van der Waals surface area contributed by atoms with Gasteiger partial charge in [0.05, 0.1) is 18.3 Å². The van der Waals surface area contributed by atoms with Gasteiger partial charge in [0, 0.05) is 33.9 Å². The summed E-state index contributed by atoms with van der Waals surface area (Å²) < 4.78 is 11.5. The maximum absolute atomic E-state index is 12.8. The van der Waals surface area contributed by atoms with Gasteiger partial charge >= 0.3 is 5.63 Å². The molecule has 4 rings (SSSR count).